The van der Waals surface area contributed by atoms with Gasteiger partial charge in [0.2, 0.25) is 0 Å². The Morgan fingerprint density at radius 2 is 1.83 bits per heavy atom. The molecule has 0 radical (unpaired) electrons. The molecule has 0 spiro atoms. The second kappa shape index (κ2) is 4.61. The Kier molecular flexibility index (Phi) is 3.30. The van der Waals surface area contributed by atoms with E-state index in [-0.39, 0.29) is 12.1 Å². The van der Waals surface area contributed by atoms with E-state index in [1.165, 1.54) is 0 Å². The van der Waals surface area contributed by atoms with Crippen molar-refractivity contribution in [2.45, 2.75) is 24.9 Å². The van der Waals surface area contributed by atoms with Crippen LogP contribution >= 0.6 is 0 Å². The largest absolute Gasteiger partial charge is 0.388 e. The highest BCUT2D eigenvalue weighted by Crippen LogP contribution is 2.30. The first-order valence-corrected chi connectivity index (χ1v) is 5.56. The summed E-state index contributed by atoms with van der Waals surface area (Å²) in [4.78, 5) is 11.6. The average Bonchev–Trinajstić information content (AvgIpc) is 2.30. The van der Waals surface area contributed by atoms with E-state index in [0.717, 1.165) is 6.42 Å². The zero-order valence-electron chi connectivity index (χ0n) is 9.47. The third-order valence-corrected chi connectivity index (χ3v) is 3.11. The highest BCUT2D eigenvalue weighted by molar-refractivity contribution is 5.94. The van der Waals surface area contributed by atoms with Gasteiger partial charge in [0.15, 0.2) is 17.5 Å². The Bertz CT molecular complexity index is 463. The first-order chi connectivity index (χ1) is 8.41. The van der Waals surface area contributed by atoms with E-state index in [9.17, 15) is 23.1 Å². The number of hydrogen-bond donors (Lipinski definition) is 2. The number of amides is 1. The molecule has 1 fully saturated rings. The number of rotatable bonds is 3. The van der Waals surface area contributed by atoms with Gasteiger partial charge in [-0.05, 0) is 31.4 Å². The van der Waals surface area contributed by atoms with E-state index in [4.69, 9.17) is 0 Å². The summed E-state index contributed by atoms with van der Waals surface area (Å²) in [6.07, 6.45) is 2.05. The van der Waals surface area contributed by atoms with Gasteiger partial charge in [-0.2, -0.15) is 0 Å². The quantitative estimate of drug-likeness (QED) is 0.812. The van der Waals surface area contributed by atoms with Crippen LogP contribution < -0.4 is 5.32 Å². The summed E-state index contributed by atoms with van der Waals surface area (Å²) in [6, 6.07) is 1.25. The van der Waals surface area contributed by atoms with Gasteiger partial charge in [-0.3, -0.25) is 4.79 Å². The topological polar surface area (TPSA) is 49.3 Å². The fourth-order valence-electron chi connectivity index (χ4n) is 1.80. The summed E-state index contributed by atoms with van der Waals surface area (Å²) in [5.74, 6) is -5.18. The van der Waals surface area contributed by atoms with Crippen LogP contribution in [0.15, 0.2) is 12.1 Å². The summed E-state index contributed by atoms with van der Waals surface area (Å²) in [6.45, 7) is 0.0203. The minimum atomic E-state index is -1.61. The monoisotopic (exact) mass is 259 g/mol. The molecule has 1 aliphatic carbocycles. The molecular weight excluding hydrogens is 247 g/mol. The van der Waals surface area contributed by atoms with Crippen molar-refractivity contribution in [1.82, 2.24) is 5.32 Å². The Morgan fingerprint density at radius 3 is 2.28 bits per heavy atom. The summed E-state index contributed by atoms with van der Waals surface area (Å²) >= 11 is 0. The van der Waals surface area contributed by atoms with Crippen LogP contribution in [-0.4, -0.2) is 23.2 Å². The molecule has 2 rings (SSSR count). The molecule has 1 amide bonds. The van der Waals surface area contributed by atoms with E-state index in [1.807, 2.05) is 0 Å². The minimum absolute atomic E-state index is 0.0203. The maximum Gasteiger partial charge on any atom is 0.251 e. The van der Waals surface area contributed by atoms with Crippen LogP contribution in [0.4, 0.5) is 13.2 Å². The second-order valence-corrected chi connectivity index (χ2v) is 4.51. The lowest BCUT2D eigenvalue weighted by Gasteiger charge is -2.36. The smallest absolute Gasteiger partial charge is 0.251 e. The van der Waals surface area contributed by atoms with Gasteiger partial charge in [-0.25, -0.2) is 13.2 Å². The highest BCUT2D eigenvalue weighted by Gasteiger charge is 2.34. The Labute approximate surface area is 102 Å². The SMILES string of the molecule is O=C(NCC1(O)CCC1)c1cc(F)c(F)c(F)c1. The molecule has 0 saturated heterocycles. The molecule has 0 heterocycles. The van der Waals surface area contributed by atoms with Gasteiger partial charge in [0, 0.05) is 12.1 Å². The number of carbonyl (C=O) groups excluding carboxylic acids is 1. The third-order valence-electron chi connectivity index (χ3n) is 3.11. The van der Waals surface area contributed by atoms with Crippen molar-refractivity contribution in [3.05, 3.63) is 35.1 Å². The summed E-state index contributed by atoms with van der Waals surface area (Å²) in [5, 5.41) is 12.1. The van der Waals surface area contributed by atoms with Gasteiger partial charge in [0.25, 0.3) is 5.91 Å². The van der Waals surface area contributed by atoms with Crippen molar-refractivity contribution in [2.75, 3.05) is 6.54 Å². The van der Waals surface area contributed by atoms with Crippen molar-refractivity contribution in [2.24, 2.45) is 0 Å². The molecular formula is C12H12F3NO2. The number of halogens is 3. The molecule has 1 aromatic carbocycles. The first kappa shape index (κ1) is 12.9. The normalized spacial score (nSPS) is 17.1. The minimum Gasteiger partial charge on any atom is -0.388 e. The number of carbonyl (C=O) groups is 1. The second-order valence-electron chi connectivity index (χ2n) is 4.51. The highest BCUT2D eigenvalue weighted by atomic mass is 19.2. The number of nitrogens with one attached hydrogen (secondary N) is 1. The molecule has 1 saturated carbocycles. The molecule has 1 aromatic rings. The fourth-order valence-corrected chi connectivity index (χ4v) is 1.80. The predicted molar refractivity (Wildman–Crippen MR) is 57.5 cm³/mol. The molecule has 0 bridgehead atoms. The van der Waals surface area contributed by atoms with E-state index in [0.29, 0.717) is 25.0 Å². The summed E-state index contributed by atoms with van der Waals surface area (Å²) < 4.78 is 38.5. The van der Waals surface area contributed by atoms with Crippen LogP contribution in [0, 0.1) is 17.5 Å². The zero-order chi connectivity index (χ0) is 13.3. The van der Waals surface area contributed by atoms with E-state index in [1.54, 1.807) is 0 Å². The molecule has 98 valence electrons. The maximum absolute atomic E-state index is 12.9. The Balaban J connectivity index is 2.05. The van der Waals surface area contributed by atoms with Gasteiger partial charge in [-0.1, -0.05) is 0 Å². The molecule has 0 unspecified atom stereocenters. The van der Waals surface area contributed by atoms with Crippen molar-refractivity contribution >= 4 is 5.91 Å². The average molecular weight is 259 g/mol. The summed E-state index contributed by atoms with van der Waals surface area (Å²) in [5.41, 5.74) is -1.23. The first-order valence-electron chi connectivity index (χ1n) is 5.56. The van der Waals surface area contributed by atoms with Crippen molar-refractivity contribution in [3.63, 3.8) is 0 Å². The number of benzene rings is 1. The van der Waals surface area contributed by atoms with Gasteiger partial charge >= 0.3 is 0 Å². The molecule has 6 heteroatoms. The Morgan fingerprint density at radius 1 is 1.28 bits per heavy atom. The van der Waals surface area contributed by atoms with Crippen LogP contribution in [0.5, 0.6) is 0 Å². The van der Waals surface area contributed by atoms with E-state index >= 15 is 0 Å². The lowest BCUT2D eigenvalue weighted by molar-refractivity contribution is -0.0300. The van der Waals surface area contributed by atoms with Crippen molar-refractivity contribution in [3.8, 4) is 0 Å². The van der Waals surface area contributed by atoms with Gasteiger partial charge in [-0.15, -0.1) is 0 Å². The molecule has 3 nitrogen and oxygen atoms in total. The molecule has 0 aromatic heterocycles. The van der Waals surface area contributed by atoms with Crippen LogP contribution in [0.3, 0.4) is 0 Å². The van der Waals surface area contributed by atoms with Crippen LogP contribution in [0.25, 0.3) is 0 Å². The molecule has 2 N–H and O–H groups in total. The Hall–Kier alpha value is -1.56. The van der Waals surface area contributed by atoms with Crippen LogP contribution in [-0.2, 0) is 0 Å². The lowest BCUT2D eigenvalue weighted by atomic mass is 9.80. The fraction of sp³-hybridized carbons (Fsp3) is 0.417. The number of aliphatic hydroxyl groups is 1. The van der Waals surface area contributed by atoms with Gasteiger partial charge in [0.05, 0.1) is 5.60 Å². The zero-order valence-corrected chi connectivity index (χ0v) is 9.47. The lowest BCUT2D eigenvalue weighted by Crippen LogP contribution is -2.47. The molecule has 0 aliphatic heterocycles. The van der Waals surface area contributed by atoms with Crippen molar-refractivity contribution in [1.29, 1.82) is 0 Å². The van der Waals surface area contributed by atoms with E-state index < -0.39 is 29.0 Å². The number of hydrogen-bond acceptors (Lipinski definition) is 2. The predicted octanol–water partition coefficient (Wildman–Crippen LogP) is 1.75. The molecule has 1 aliphatic rings. The third kappa shape index (κ3) is 2.48. The molecule has 0 atom stereocenters. The van der Waals surface area contributed by atoms with Crippen LogP contribution in [0.2, 0.25) is 0 Å². The standard InChI is InChI=1S/C12H12F3NO2/c13-8-4-7(5-9(14)10(8)15)11(17)16-6-12(18)2-1-3-12/h4-5,18H,1-3,6H2,(H,16,17). The van der Waals surface area contributed by atoms with Crippen molar-refractivity contribution < 1.29 is 23.1 Å². The van der Waals surface area contributed by atoms with Gasteiger partial charge < -0.3 is 10.4 Å². The van der Waals surface area contributed by atoms with E-state index in [2.05, 4.69) is 5.32 Å². The van der Waals surface area contributed by atoms with Gasteiger partial charge in [0.1, 0.15) is 0 Å². The van der Waals surface area contributed by atoms with Crippen LogP contribution in [0.1, 0.15) is 29.6 Å². The summed E-state index contributed by atoms with van der Waals surface area (Å²) in [7, 11) is 0. The maximum atomic E-state index is 12.9. The molecule has 18 heavy (non-hydrogen) atoms.